The normalized spacial score (nSPS) is 11.3. The summed E-state index contributed by atoms with van der Waals surface area (Å²) in [6, 6.07) is 12.2. The van der Waals surface area contributed by atoms with Gasteiger partial charge in [0.2, 0.25) is 10.0 Å². The van der Waals surface area contributed by atoms with Gasteiger partial charge >= 0.3 is 0 Å². The van der Waals surface area contributed by atoms with E-state index in [4.69, 9.17) is 33.1 Å². The van der Waals surface area contributed by atoms with Gasteiger partial charge in [-0.15, -0.1) is 0 Å². The molecule has 4 nitrogen and oxygen atoms in total. The van der Waals surface area contributed by atoms with Crippen LogP contribution in [0.15, 0.2) is 47.4 Å². The molecule has 0 bridgehead atoms. The molecule has 106 valence electrons. The average molecular weight is 332 g/mol. The van der Waals surface area contributed by atoms with Crippen molar-refractivity contribution >= 4 is 33.2 Å². The van der Waals surface area contributed by atoms with Gasteiger partial charge in [0, 0.05) is 0 Å². The molecule has 0 aliphatic carbocycles. The van der Waals surface area contributed by atoms with E-state index in [1.54, 1.807) is 0 Å². The Morgan fingerprint density at radius 3 is 2.25 bits per heavy atom. The maximum atomic E-state index is 11.3. The molecule has 2 aromatic carbocycles. The van der Waals surface area contributed by atoms with Gasteiger partial charge in [-0.1, -0.05) is 53.5 Å². The Bertz CT molecular complexity index is 718. The molecule has 0 saturated heterocycles. The van der Waals surface area contributed by atoms with Gasteiger partial charge in [0.1, 0.15) is 22.3 Å². The van der Waals surface area contributed by atoms with Crippen LogP contribution in [0.2, 0.25) is 10.0 Å². The number of hydrogen-bond donors (Lipinski definition) is 1. The Labute approximate surface area is 127 Å². The third kappa shape index (κ3) is 3.43. The second-order valence-corrected chi connectivity index (χ2v) is 6.29. The first-order valence-corrected chi connectivity index (χ1v) is 7.87. The molecule has 20 heavy (non-hydrogen) atoms. The molecular formula is C13H11Cl2NO3S. The highest BCUT2D eigenvalue weighted by molar-refractivity contribution is 7.89. The molecule has 2 rings (SSSR count). The van der Waals surface area contributed by atoms with E-state index in [0.717, 1.165) is 5.56 Å². The van der Waals surface area contributed by atoms with Crippen molar-refractivity contribution in [3.8, 4) is 5.75 Å². The maximum absolute atomic E-state index is 11.3. The van der Waals surface area contributed by atoms with Gasteiger partial charge in [0.15, 0.2) is 0 Å². The number of hydrogen-bond acceptors (Lipinski definition) is 3. The lowest BCUT2D eigenvalue weighted by Gasteiger charge is -2.11. The van der Waals surface area contributed by atoms with Crippen LogP contribution in [0.25, 0.3) is 0 Å². The predicted molar refractivity (Wildman–Crippen MR) is 78.6 cm³/mol. The molecule has 0 heterocycles. The lowest BCUT2D eigenvalue weighted by atomic mass is 10.2. The van der Waals surface area contributed by atoms with E-state index in [9.17, 15) is 8.42 Å². The summed E-state index contributed by atoms with van der Waals surface area (Å²) in [6.45, 7) is 0.297. The minimum Gasteiger partial charge on any atom is -0.487 e. The SMILES string of the molecule is NS(=O)(=O)c1ccc(OCc2ccccc2)c(Cl)c1Cl. The number of halogens is 2. The lowest BCUT2D eigenvalue weighted by molar-refractivity contribution is 0.306. The summed E-state index contributed by atoms with van der Waals surface area (Å²) in [6.07, 6.45) is 0. The Hall–Kier alpha value is -1.27. The molecule has 7 heteroatoms. The molecular weight excluding hydrogens is 321 g/mol. The lowest BCUT2D eigenvalue weighted by Crippen LogP contribution is -2.13. The zero-order valence-electron chi connectivity index (χ0n) is 10.2. The van der Waals surface area contributed by atoms with Crippen molar-refractivity contribution in [2.45, 2.75) is 11.5 Å². The van der Waals surface area contributed by atoms with Gasteiger partial charge in [-0.3, -0.25) is 0 Å². The summed E-state index contributed by atoms with van der Waals surface area (Å²) in [5.74, 6) is 0.299. The number of benzene rings is 2. The van der Waals surface area contributed by atoms with E-state index in [-0.39, 0.29) is 14.9 Å². The summed E-state index contributed by atoms with van der Waals surface area (Å²) < 4.78 is 28.1. The standard InChI is InChI=1S/C13H11Cl2NO3S/c14-12-10(19-8-9-4-2-1-3-5-9)6-7-11(13(12)15)20(16,17)18/h1-7H,8H2,(H2,16,17,18). The van der Waals surface area contributed by atoms with Crippen LogP contribution in [0, 0.1) is 0 Å². The van der Waals surface area contributed by atoms with E-state index < -0.39 is 10.0 Å². The van der Waals surface area contributed by atoms with E-state index in [1.165, 1.54) is 12.1 Å². The zero-order valence-corrected chi connectivity index (χ0v) is 12.5. The third-order valence-corrected chi connectivity index (χ3v) is 4.49. The molecule has 0 aliphatic heterocycles. The molecule has 0 saturated carbocycles. The summed E-state index contributed by atoms with van der Waals surface area (Å²) in [5, 5.41) is 4.91. The van der Waals surface area contributed by atoms with Crippen LogP contribution in [-0.4, -0.2) is 8.42 Å². The fourth-order valence-corrected chi connectivity index (χ4v) is 2.94. The molecule has 0 aromatic heterocycles. The third-order valence-electron chi connectivity index (χ3n) is 2.56. The second kappa shape index (κ2) is 6.01. The summed E-state index contributed by atoms with van der Waals surface area (Å²) >= 11 is 11.9. The minimum atomic E-state index is -3.91. The van der Waals surface area contributed by atoms with Crippen molar-refractivity contribution in [2.24, 2.45) is 5.14 Å². The first-order valence-electron chi connectivity index (χ1n) is 5.57. The number of rotatable bonds is 4. The van der Waals surface area contributed by atoms with Crippen LogP contribution >= 0.6 is 23.2 Å². The molecule has 0 atom stereocenters. The smallest absolute Gasteiger partial charge is 0.239 e. The maximum Gasteiger partial charge on any atom is 0.239 e. The van der Waals surface area contributed by atoms with E-state index in [0.29, 0.717) is 12.4 Å². The second-order valence-electron chi connectivity index (χ2n) is 4.01. The van der Waals surface area contributed by atoms with Gasteiger partial charge in [-0.2, -0.15) is 0 Å². The van der Waals surface area contributed by atoms with Crippen LogP contribution in [0.5, 0.6) is 5.75 Å². The van der Waals surface area contributed by atoms with E-state index >= 15 is 0 Å². The van der Waals surface area contributed by atoms with Crippen LogP contribution in [0.1, 0.15) is 5.56 Å². The van der Waals surface area contributed by atoms with E-state index in [1.807, 2.05) is 30.3 Å². The average Bonchev–Trinajstić information content (AvgIpc) is 2.40. The highest BCUT2D eigenvalue weighted by Crippen LogP contribution is 2.36. The molecule has 0 amide bonds. The van der Waals surface area contributed by atoms with Crippen LogP contribution < -0.4 is 9.88 Å². The van der Waals surface area contributed by atoms with Gasteiger partial charge in [-0.25, -0.2) is 13.6 Å². The highest BCUT2D eigenvalue weighted by Gasteiger charge is 2.18. The first kappa shape index (κ1) is 15.1. The molecule has 0 spiro atoms. The highest BCUT2D eigenvalue weighted by atomic mass is 35.5. The number of sulfonamides is 1. The Morgan fingerprint density at radius 1 is 1.00 bits per heavy atom. The number of ether oxygens (including phenoxy) is 1. The van der Waals surface area contributed by atoms with Crippen LogP contribution in [0.3, 0.4) is 0 Å². The quantitative estimate of drug-likeness (QED) is 0.935. The van der Waals surface area contributed by atoms with Gasteiger partial charge < -0.3 is 4.74 Å². The molecule has 0 radical (unpaired) electrons. The van der Waals surface area contributed by atoms with Gasteiger partial charge in [0.25, 0.3) is 0 Å². The van der Waals surface area contributed by atoms with Crippen molar-refractivity contribution in [1.82, 2.24) is 0 Å². The van der Waals surface area contributed by atoms with Crippen molar-refractivity contribution < 1.29 is 13.2 Å². The van der Waals surface area contributed by atoms with Crippen molar-refractivity contribution in [3.05, 3.63) is 58.1 Å². The molecule has 2 N–H and O–H groups in total. The molecule has 0 aliphatic rings. The first-order chi connectivity index (χ1) is 9.39. The Balaban J connectivity index is 2.25. The number of nitrogens with two attached hydrogens (primary N) is 1. The van der Waals surface area contributed by atoms with Gasteiger partial charge in [0.05, 0.1) is 5.02 Å². The van der Waals surface area contributed by atoms with Crippen molar-refractivity contribution in [2.75, 3.05) is 0 Å². The monoisotopic (exact) mass is 331 g/mol. The number of primary sulfonamides is 1. The summed E-state index contributed by atoms with van der Waals surface area (Å²) in [7, 11) is -3.91. The minimum absolute atomic E-state index is 0.0223. The fourth-order valence-electron chi connectivity index (χ4n) is 1.58. The summed E-state index contributed by atoms with van der Waals surface area (Å²) in [5.41, 5.74) is 0.954. The Morgan fingerprint density at radius 2 is 1.65 bits per heavy atom. The molecule has 2 aromatic rings. The van der Waals surface area contributed by atoms with Crippen molar-refractivity contribution in [1.29, 1.82) is 0 Å². The molecule has 0 unspecified atom stereocenters. The zero-order chi connectivity index (χ0) is 14.8. The predicted octanol–water partition coefficient (Wildman–Crippen LogP) is 3.22. The fraction of sp³-hybridized carbons (Fsp3) is 0.0769. The summed E-state index contributed by atoms with van der Waals surface area (Å²) in [4.78, 5) is -0.226. The molecule has 0 fully saturated rings. The largest absolute Gasteiger partial charge is 0.487 e. The van der Waals surface area contributed by atoms with E-state index in [2.05, 4.69) is 0 Å². The van der Waals surface area contributed by atoms with Crippen molar-refractivity contribution in [3.63, 3.8) is 0 Å². The van der Waals surface area contributed by atoms with Gasteiger partial charge in [-0.05, 0) is 17.7 Å². The van der Waals surface area contributed by atoms with Crippen LogP contribution in [0.4, 0.5) is 0 Å². The topological polar surface area (TPSA) is 69.4 Å². The Kier molecular flexibility index (Phi) is 4.55. The van der Waals surface area contributed by atoms with Crippen LogP contribution in [-0.2, 0) is 16.6 Å².